The SMILES string of the molecule is Nc1cc(SCC(=O)O)ccc1[N+](=O)[O-]. The zero-order chi connectivity index (χ0) is 11.4. The number of carboxylic acid groups (broad SMARTS) is 1. The summed E-state index contributed by atoms with van der Waals surface area (Å²) in [5.41, 5.74) is 5.29. The average Bonchev–Trinajstić information content (AvgIpc) is 2.14. The number of nitro groups is 1. The lowest BCUT2D eigenvalue weighted by atomic mass is 10.3. The summed E-state index contributed by atoms with van der Waals surface area (Å²) in [6.07, 6.45) is 0. The second kappa shape index (κ2) is 4.65. The third-order valence-corrected chi connectivity index (χ3v) is 2.54. The Hall–Kier alpha value is -1.76. The minimum Gasteiger partial charge on any atom is -0.481 e. The number of carboxylic acids is 1. The van der Waals surface area contributed by atoms with E-state index in [4.69, 9.17) is 10.8 Å². The minimum absolute atomic E-state index is 0.0374. The maximum atomic E-state index is 10.4. The molecule has 80 valence electrons. The lowest BCUT2D eigenvalue weighted by Gasteiger charge is -2.00. The summed E-state index contributed by atoms with van der Waals surface area (Å²) in [5.74, 6) is -1.05. The highest BCUT2D eigenvalue weighted by molar-refractivity contribution is 8.00. The summed E-state index contributed by atoms with van der Waals surface area (Å²) in [7, 11) is 0. The van der Waals surface area contributed by atoms with E-state index in [0.717, 1.165) is 11.8 Å². The molecule has 1 aromatic rings. The van der Waals surface area contributed by atoms with Gasteiger partial charge in [0.25, 0.3) is 5.69 Å². The molecule has 0 atom stereocenters. The maximum Gasteiger partial charge on any atom is 0.313 e. The molecule has 0 aliphatic rings. The van der Waals surface area contributed by atoms with Crippen LogP contribution in [0, 0.1) is 10.1 Å². The first-order valence-electron chi connectivity index (χ1n) is 3.89. The van der Waals surface area contributed by atoms with E-state index in [1.54, 1.807) is 0 Å². The predicted octanol–water partition coefficient (Wildman–Crippen LogP) is 1.35. The van der Waals surface area contributed by atoms with Crippen molar-refractivity contribution in [2.45, 2.75) is 4.90 Å². The van der Waals surface area contributed by atoms with Crippen molar-refractivity contribution in [3.8, 4) is 0 Å². The Bertz CT molecular complexity index is 408. The predicted molar refractivity (Wildman–Crippen MR) is 55.9 cm³/mol. The number of rotatable bonds is 4. The maximum absolute atomic E-state index is 10.4. The quantitative estimate of drug-likeness (QED) is 0.348. The fraction of sp³-hybridized carbons (Fsp3) is 0.125. The van der Waals surface area contributed by atoms with Crippen LogP contribution in [0.25, 0.3) is 0 Å². The van der Waals surface area contributed by atoms with Crippen molar-refractivity contribution in [3.63, 3.8) is 0 Å². The van der Waals surface area contributed by atoms with Crippen molar-refractivity contribution in [3.05, 3.63) is 28.3 Å². The Labute approximate surface area is 89.2 Å². The van der Waals surface area contributed by atoms with Crippen molar-refractivity contribution < 1.29 is 14.8 Å². The normalized spacial score (nSPS) is 9.87. The third kappa shape index (κ3) is 3.13. The molecule has 0 amide bonds. The van der Waals surface area contributed by atoms with Gasteiger partial charge in [0.1, 0.15) is 5.69 Å². The van der Waals surface area contributed by atoms with E-state index < -0.39 is 10.9 Å². The van der Waals surface area contributed by atoms with E-state index in [1.165, 1.54) is 18.2 Å². The molecule has 7 heteroatoms. The first kappa shape index (κ1) is 11.3. The molecule has 0 bridgehead atoms. The Morgan fingerprint density at radius 1 is 1.60 bits per heavy atom. The molecule has 1 aromatic carbocycles. The molecule has 6 nitrogen and oxygen atoms in total. The molecule has 15 heavy (non-hydrogen) atoms. The van der Waals surface area contributed by atoms with E-state index in [9.17, 15) is 14.9 Å². The van der Waals surface area contributed by atoms with E-state index in [2.05, 4.69) is 0 Å². The van der Waals surface area contributed by atoms with Gasteiger partial charge in [-0.1, -0.05) is 0 Å². The summed E-state index contributed by atoms with van der Waals surface area (Å²) in [5, 5.41) is 18.9. The van der Waals surface area contributed by atoms with Crippen LogP contribution in [0.1, 0.15) is 0 Å². The van der Waals surface area contributed by atoms with Crippen LogP contribution < -0.4 is 5.73 Å². The van der Waals surface area contributed by atoms with Crippen molar-refractivity contribution in [1.29, 1.82) is 0 Å². The Morgan fingerprint density at radius 2 is 2.27 bits per heavy atom. The molecule has 0 saturated carbocycles. The van der Waals surface area contributed by atoms with Crippen LogP contribution in [0.15, 0.2) is 23.1 Å². The van der Waals surface area contributed by atoms with Crippen LogP contribution in [0.4, 0.5) is 11.4 Å². The Balaban J connectivity index is 2.82. The largest absolute Gasteiger partial charge is 0.481 e. The summed E-state index contributed by atoms with van der Waals surface area (Å²) < 4.78 is 0. The minimum atomic E-state index is -0.947. The van der Waals surface area contributed by atoms with Crippen LogP contribution in [-0.4, -0.2) is 21.8 Å². The van der Waals surface area contributed by atoms with Gasteiger partial charge in [-0.3, -0.25) is 14.9 Å². The van der Waals surface area contributed by atoms with Crippen LogP contribution in [0.3, 0.4) is 0 Å². The molecule has 0 aliphatic heterocycles. The Morgan fingerprint density at radius 3 is 2.73 bits per heavy atom. The second-order valence-corrected chi connectivity index (χ2v) is 3.71. The van der Waals surface area contributed by atoms with Gasteiger partial charge in [0, 0.05) is 11.0 Å². The fourth-order valence-electron chi connectivity index (χ4n) is 0.934. The topological polar surface area (TPSA) is 106 Å². The van der Waals surface area contributed by atoms with Gasteiger partial charge in [-0.05, 0) is 12.1 Å². The number of nitrogens with zero attached hydrogens (tertiary/aromatic N) is 1. The number of hydrogen-bond donors (Lipinski definition) is 2. The molecule has 0 fully saturated rings. The van der Waals surface area contributed by atoms with Crippen molar-refractivity contribution in [2.75, 3.05) is 11.5 Å². The number of carbonyl (C=O) groups is 1. The van der Waals surface area contributed by atoms with Crippen LogP contribution in [0.2, 0.25) is 0 Å². The molecule has 1 rings (SSSR count). The van der Waals surface area contributed by atoms with Crippen molar-refractivity contribution in [2.24, 2.45) is 0 Å². The van der Waals surface area contributed by atoms with Gasteiger partial charge in [0.05, 0.1) is 10.7 Å². The highest BCUT2D eigenvalue weighted by Gasteiger charge is 2.11. The van der Waals surface area contributed by atoms with Gasteiger partial charge in [0.2, 0.25) is 0 Å². The highest BCUT2D eigenvalue weighted by atomic mass is 32.2. The van der Waals surface area contributed by atoms with Gasteiger partial charge in [-0.25, -0.2) is 0 Å². The monoisotopic (exact) mass is 228 g/mol. The molecular weight excluding hydrogens is 220 g/mol. The first-order chi connectivity index (χ1) is 7.00. The number of nitro benzene ring substituents is 1. The number of nitrogen functional groups attached to an aromatic ring is 1. The van der Waals surface area contributed by atoms with Gasteiger partial charge < -0.3 is 10.8 Å². The zero-order valence-electron chi connectivity index (χ0n) is 7.54. The van der Waals surface area contributed by atoms with E-state index in [0.29, 0.717) is 4.90 Å². The van der Waals surface area contributed by atoms with E-state index >= 15 is 0 Å². The molecular formula is C8H8N2O4S. The van der Waals surface area contributed by atoms with E-state index in [1.807, 2.05) is 0 Å². The van der Waals surface area contributed by atoms with Crippen LogP contribution in [-0.2, 0) is 4.79 Å². The van der Waals surface area contributed by atoms with Crippen molar-refractivity contribution >= 4 is 29.1 Å². The van der Waals surface area contributed by atoms with Gasteiger partial charge >= 0.3 is 5.97 Å². The highest BCUT2D eigenvalue weighted by Crippen LogP contribution is 2.27. The molecule has 0 unspecified atom stereocenters. The molecule has 0 aliphatic carbocycles. The fourth-order valence-corrected chi connectivity index (χ4v) is 1.60. The lowest BCUT2D eigenvalue weighted by Crippen LogP contribution is -1.98. The molecule has 0 saturated heterocycles. The van der Waals surface area contributed by atoms with Crippen molar-refractivity contribution in [1.82, 2.24) is 0 Å². The zero-order valence-corrected chi connectivity index (χ0v) is 8.36. The standard InChI is InChI=1S/C8H8N2O4S/c9-6-3-5(15-4-8(11)12)1-2-7(6)10(13)14/h1-3H,4,9H2,(H,11,12). The molecule has 3 N–H and O–H groups in total. The Kier molecular flexibility index (Phi) is 3.51. The summed E-state index contributed by atoms with van der Waals surface area (Å²) in [6.45, 7) is 0. The van der Waals surface area contributed by atoms with Gasteiger partial charge in [-0.15, -0.1) is 11.8 Å². The van der Waals surface area contributed by atoms with E-state index in [-0.39, 0.29) is 17.1 Å². The number of thioether (sulfide) groups is 1. The average molecular weight is 228 g/mol. The molecule has 0 radical (unpaired) electrons. The van der Waals surface area contributed by atoms with Crippen LogP contribution in [0.5, 0.6) is 0 Å². The molecule has 0 spiro atoms. The number of benzene rings is 1. The number of aliphatic carboxylic acids is 1. The second-order valence-electron chi connectivity index (χ2n) is 2.66. The summed E-state index contributed by atoms with van der Waals surface area (Å²) >= 11 is 1.06. The van der Waals surface area contributed by atoms with Gasteiger partial charge in [0.15, 0.2) is 0 Å². The number of hydrogen-bond acceptors (Lipinski definition) is 5. The van der Waals surface area contributed by atoms with Gasteiger partial charge in [-0.2, -0.15) is 0 Å². The van der Waals surface area contributed by atoms with Crippen LogP contribution >= 0.6 is 11.8 Å². The first-order valence-corrected chi connectivity index (χ1v) is 4.88. The molecule has 0 aromatic heterocycles. The lowest BCUT2D eigenvalue weighted by molar-refractivity contribution is -0.383. The smallest absolute Gasteiger partial charge is 0.313 e. The number of anilines is 1. The molecule has 0 heterocycles. The number of nitrogens with two attached hydrogens (primary N) is 1. The third-order valence-electron chi connectivity index (χ3n) is 1.56. The summed E-state index contributed by atoms with van der Waals surface area (Å²) in [4.78, 5) is 20.7. The summed E-state index contributed by atoms with van der Waals surface area (Å²) in [6, 6.07) is 4.13.